The third-order valence-electron chi connectivity index (χ3n) is 2.46. The molecule has 0 saturated heterocycles. The van der Waals surface area contributed by atoms with Gasteiger partial charge in [0.15, 0.2) is 0 Å². The highest BCUT2D eigenvalue weighted by molar-refractivity contribution is 7.13. The van der Waals surface area contributed by atoms with Crippen LogP contribution < -0.4 is 0 Å². The van der Waals surface area contributed by atoms with Crippen molar-refractivity contribution in [1.82, 2.24) is 10.1 Å². The summed E-state index contributed by atoms with van der Waals surface area (Å²) in [4.78, 5) is 16.9. The van der Waals surface area contributed by atoms with Crippen molar-refractivity contribution >= 4 is 17.3 Å². The number of carbonyl (C=O) groups is 1. The number of rotatable bonds is 5. The van der Waals surface area contributed by atoms with Crippen LogP contribution >= 0.6 is 11.3 Å². The molecule has 0 aliphatic carbocycles. The highest BCUT2D eigenvalue weighted by Crippen LogP contribution is 2.25. The third kappa shape index (κ3) is 2.59. The molecule has 0 spiro atoms. The molecule has 2 rings (SSSR count). The minimum absolute atomic E-state index is 0.318. The van der Waals surface area contributed by atoms with Gasteiger partial charge in [-0.15, -0.1) is 11.3 Å². The van der Waals surface area contributed by atoms with Gasteiger partial charge in [-0.2, -0.15) is 4.98 Å². The van der Waals surface area contributed by atoms with Gasteiger partial charge in [0.1, 0.15) is 5.92 Å². The molecule has 5 nitrogen and oxygen atoms in total. The fraction of sp³-hybridized carbons (Fsp3) is 0.417. The molecule has 1 atom stereocenters. The molecule has 0 bridgehead atoms. The minimum atomic E-state index is -0.480. The van der Waals surface area contributed by atoms with E-state index < -0.39 is 5.92 Å². The highest BCUT2D eigenvalue weighted by atomic mass is 32.1. The summed E-state index contributed by atoms with van der Waals surface area (Å²) in [6.45, 7) is 4.01. The molecule has 18 heavy (non-hydrogen) atoms. The Morgan fingerprint density at radius 3 is 3.00 bits per heavy atom. The van der Waals surface area contributed by atoms with E-state index in [1.165, 1.54) is 11.3 Å². The van der Waals surface area contributed by atoms with Crippen molar-refractivity contribution in [3.05, 3.63) is 23.4 Å². The molecule has 1 unspecified atom stereocenters. The summed E-state index contributed by atoms with van der Waals surface area (Å²) in [5.41, 5.74) is 0. The fourth-order valence-electron chi connectivity index (χ4n) is 1.57. The van der Waals surface area contributed by atoms with Gasteiger partial charge in [-0.3, -0.25) is 4.79 Å². The van der Waals surface area contributed by atoms with Gasteiger partial charge < -0.3 is 9.26 Å². The van der Waals surface area contributed by atoms with E-state index in [0.29, 0.717) is 24.7 Å². The monoisotopic (exact) mass is 266 g/mol. The molecule has 0 N–H and O–H groups in total. The Morgan fingerprint density at radius 1 is 1.56 bits per heavy atom. The lowest BCUT2D eigenvalue weighted by Crippen LogP contribution is -2.15. The second-order valence-electron chi connectivity index (χ2n) is 3.65. The molecule has 0 radical (unpaired) electrons. The van der Waals surface area contributed by atoms with Crippen LogP contribution in [0.1, 0.15) is 32.1 Å². The second kappa shape index (κ2) is 5.77. The van der Waals surface area contributed by atoms with Crippen LogP contribution in [0.25, 0.3) is 10.7 Å². The maximum absolute atomic E-state index is 11.7. The van der Waals surface area contributed by atoms with E-state index in [1.54, 1.807) is 6.92 Å². The summed E-state index contributed by atoms with van der Waals surface area (Å²) in [7, 11) is 0. The van der Waals surface area contributed by atoms with Gasteiger partial charge >= 0.3 is 5.97 Å². The molecule has 2 heterocycles. The first-order chi connectivity index (χ1) is 8.76. The zero-order valence-corrected chi connectivity index (χ0v) is 11.1. The van der Waals surface area contributed by atoms with E-state index in [4.69, 9.17) is 9.26 Å². The molecule has 0 amide bonds. The molecule has 0 saturated carbocycles. The van der Waals surface area contributed by atoms with E-state index in [1.807, 2.05) is 24.4 Å². The molecule has 2 aromatic rings. The van der Waals surface area contributed by atoms with Gasteiger partial charge in [0.2, 0.25) is 11.7 Å². The fourth-order valence-corrected chi connectivity index (χ4v) is 2.22. The molecule has 0 aliphatic heterocycles. The van der Waals surface area contributed by atoms with Crippen LogP contribution in [0, 0.1) is 0 Å². The zero-order valence-electron chi connectivity index (χ0n) is 10.3. The molecule has 0 fully saturated rings. The quantitative estimate of drug-likeness (QED) is 0.778. The molecule has 96 valence electrons. The number of aromatic nitrogens is 2. The Balaban J connectivity index is 2.20. The van der Waals surface area contributed by atoms with Gasteiger partial charge in [-0.05, 0) is 24.8 Å². The number of hydrogen-bond donors (Lipinski definition) is 0. The van der Waals surface area contributed by atoms with Crippen LogP contribution in [0.5, 0.6) is 0 Å². The standard InChI is InChI=1S/C12H14N2O3S/c1-3-8(12(15)16-4-2)11-13-10(14-17-11)9-6-5-7-18-9/h5-8H,3-4H2,1-2H3. The Bertz CT molecular complexity index is 507. The van der Waals surface area contributed by atoms with Crippen LogP contribution in [-0.2, 0) is 9.53 Å². The molecular weight excluding hydrogens is 252 g/mol. The number of thiophene rings is 1. The number of ether oxygens (including phenoxy) is 1. The predicted octanol–water partition coefficient (Wildman–Crippen LogP) is 2.85. The first-order valence-electron chi connectivity index (χ1n) is 5.80. The number of hydrogen-bond acceptors (Lipinski definition) is 6. The van der Waals surface area contributed by atoms with Gasteiger partial charge in [-0.25, -0.2) is 0 Å². The SMILES string of the molecule is CCOC(=O)C(CC)c1nc(-c2cccs2)no1. The van der Waals surface area contributed by atoms with Crippen molar-refractivity contribution in [2.45, 2.75) is 26.2 Å². The number of esters is 1. The van der Waals surface area contributed by atoms with Crippen molar-refractivity contribution in [3.8, 4) is 10.7 Å². The summed E-state index contributed by atoms with van der Waals surface area (Å²) < 4.78 is 10.1. The van der Waals surface area contributed by atoms with E-state index in [9.17, 15) is 4.79 Å². The predicted molar refractivity (Wildman–Crippen MR) is 67.3 cm³/mol. The Labute approximate surface area is 109 Å². The van der Waals surface area contributed by atoms with E-state index in [0.717, 1.165) is 4.88 Å². The summed E-state index contributed by atoms with van der Waals surface area (Å²) >= 11 is 1.53. The van der Waals surface area contributed by atoms with E-state index in [-0.39, 0.29) is 5.97 Å². The van der Waals surface area contributed by atoms with Gasteiger partial charge in [0.25, 0.3) is 0 Å². The number of nitrogens with zero attached hydrogens (tertiary/aromatic N) is 2. The highest BCUT2D eigenvalue weighted by Gasteiger charge is 2.26. The van der Waals surface area contributed by atoms with Crippen molar-refractivity contribution in [2.75, 3.05) is 6.61 Å². The molecule has 0 aromatic carbocycles. The zero-order chi connectivity index (χ0) is 13.0. The van der Waals surface area contributed by atoms with Crippen LogP contribution in [-0.4, -0.2) is 22.7 Å². The normalized spacial score (nSPS) is 12.3. The summed E-state index contributed by atoms with van der Waals surface area (Å²) in [5, 5.41) is 5.83. The van der Waals surface area contributed by atoms with E-state index in [2.05, 4.69) is 10.1 Å². The second-order valence-corrected chi connectivity index (χ2v) is 4.59. The van der Waals surface area contributed by atoms with Crippen molar-refractivity contribution in [1.29, 1.82) is 0 Å². The lowest BCUT2D eigenvalue weighted by molar-refractivity contribution is -0.145. The van der Waals surface area contributed by atoms with Crippen molar-refractivity contribution in [2.24, 2.45) is 0 Å². The first kappa shape index (κ1) is 12.8. The average molecular weight is 266 g/mol. The maximum atomic E-state index is 11.7. The maximum Gasteiger partial charge on any atom is 0.318 e. The summed E-state index contributed by atoms with van der Waals surface area (Å²) in [6, 6.07) is 3.82. The van der Waals surface area contributed by atoms with Crippen LogP contribution in [0.2, 0.25) is 0 Å². The Hall–Kier alpha value is -1.69. The molecule has 6 heteroatoms. The van der Waals surface area contributed by atoms with Crippen LogP contribution in [0.15, 0.2) is 22.0 Å². The minimum Gasteiger partial charge on any atom is -0.465 e. The first-order valence-corrected chi connectivity index (χ1v) is 6.68. The average Bonchev–Trinajstić information content (AvgIpc) is 3.00. The Morgan fingerprint density at radius 2 is 2.39 bits per heavy atom. The Kier molecular flexibility index (Phi) is 4.09. The van der Waals surface area contributed by atoms with Gasteiger partial charge in [-0.1, -0.05) is 18.1 Å². The third-order valence-corrected chi connectivity index (χ3v) is 3.33. The number of carbonyl (C=O) groups excluding carboxylic acids is 1. The van der Waals surface area contributed by atoms with E-state index >= 15 is 0 Å². The van der Waals surface area contributed by atoms with Crippen LogP contribution in [0.4, 0.5) is 0 Å². The van der Waals surface area contributed by atoms with Gasteiger partial charge in [0, 0.05) is 0 Å². The van der Waals surface area contributed by atoms with Gasteiger partial charge in [0.05, 0.1) is 11.5 Å². The van der Waals surface area contributed by atoms with Crippen molar-refractivity contribution < 1.29 is 14.1 Å². The molecular formula is C12H14N2O3S. The summed E-state index contributed by atoms with van der Waals surface area (Å²) in [6.07, 6.45) is 0.574. The smallest absolute Gasteiger partial charge is 0.318 e. The molecule has 2 aromatic heterocycles. The lowest BCUT2D eigenvalue weighted by Gasteiger charge is -2.08. The lowest BCUT2D eigenvalue weighted by atomic mass is 10.1. The molecule has 0 aliphatic rings. The largest absolute Gasteiger partial charge is 0.465 e. The van der Waals surface area contributed by atoms with Crippen molar-refractivity contribution in [3.63, 3.8) is 0 Å². The van der Waals surface area contributed by atoms with Crippen LogP contribution in [0.3, 0.4) is 0 Å². The summed E-state index contributed by atoms with van der Waals surface area (Å²) in [5.74, 6) is 0.0367. The topological polar surface area (TPSA) is 65.2 Å².